The number of carbonyl (C=O) groups is 1. The van der Waals surface area contributed by atoms with Crippen molar-refractivity contribution in [1.82, 2.24) is 24.8 Å². The molecule has 11 nitrogen and oxygen atoms in total. The molecule has 1 atom stereocenters. The standard InChI is InChI=1S/C21H25N7O4/c1-25(2)21-22-14(10-18(29)24-21)11-26(3)15-7-8-27(12-15)20(30)16-9-13-5-4-6-17(28(31)32)19(13)23-16/h4-6,9-10,15,23H,7-8,11-12H2,1-3H3,(H,22,24,29). The highest BCUT2D eigenvalue weighted by atomic mass is 16.6. The third-order valence-corrected chi connectivity index (χ3v) is 5.75. The maximum absolute atomic E-state index is 13.0. The smallest absolute Gasteiger partial charge is 0.293 e. The largest absolute Gasteiger partial charge is 0.348 e. The van der Waals surface area contributed by atoms with Crippen LogP contribution in [0.5, 0.6) is 0 Å². The summed E-state index contributed by atoms with van der Waals surface area (Å²) in [6.45, 7) is 1.59. The fourth-order valence-electron chi connectivity index (χ4n) is 4.04. The van der Waals surface area contributed by atoms with Gasteiger partial charge in [-0.2, -0.15) is 0 Å². The van der Waals surface area contributed by atoms with Crippen molar-refractivity contribution in [2.24, 2.45) is 0 Å². The fourth-order valence-corrected chi connectivity index (χ4v) is 4.04. The van der Waals surface area contributed by atoms with Crippen LogP contribution in [-0.2, 0) is 6.54 Å². The maximum Gasteiger partial charge on any atom is 0.293 e. The second kappa shape index (κ2) is 8.42. The minimum Gasteiger partial charge on any atom is -0.348 e. The number of amides is 1. The highest BCUT2D eigenvalue weighted by Gasteiger charge is 2.30. The summed E-state index contributed by atoms with van der Waals surface area (Å²) in [6.07, 6.45) is 0.784. The molecule has 0 spiro atoms. The van der Waals surface area contributed by atoms with Crippen molar-refractivity contribution >= 4 is 28.4 Å². The lowest BCUT2D eigenvalue weighted by Crippen LogP contribution is -2.36. The van der Waals surface area contributed by atoms with E-state index >= 15 is 0 Å². The lowest BCUT2D eigenvalue weighted by atomic mass is 10.2. The van der Waals surface area contributed by atoms with E-state index in [9.17, 15) is 19.7 Å². The summed E-state index contributed by atoms with van der Waals surface area (Å²) in [5.74, 6) is 0.313. The molecule has 1 saturated heterocycles. The van der Waals surface area contributed by atoms with Gasteiger partial charge in [0, 0.05) is 57.3 Å². The SMILES string of the molecule is CN(C)c1nc(CN(C)C2CCN(C(=O)c3cc4cccc([N+](=O)[O-])c4[nH]3)C2)cc(=O)[nH]1. The molecule has 1 aromatic carbocycles. The lowest BCUT2D eigenvalue weighted by molar-refractivity contribution is -0.383. The van der Waals surface area contributed by atoms with Crippen molar-refractivity contribution in [2.75, 3.05) is 39.1 Å². The molecule has 11 heteroatoms. The van der Waals surface area contributed by atoms with Crippen molar-refractivity contribution < 1.29 is 9.72 Å². The quantitative estimate of drug-likeness (QED) is 0.440. The molecule has 0 saturated carbocycles. The van der Waals surface area contributed by atoms with Gasteiger partial charge in [-0.05, 0) is 19.5 Å². The Morgan fingerprint density at radius 1 is 1.28 bits per heavy atom. The topological polar surface area (TPSA) is 131 Å². The van der Waals surface area contributed by atoms with E-state index in [1.165, 1.54) is 12.1 Å². The number of fused-ring (bicyclic) bond motifs is 1. The van der Waals surface area contributed by atoms with Gasteiger partial charge in [-0.1, -0.05) is 12.1 Å². The van der Waals surface area contributed by atoms with Gasteiger partial charge in [-0.25, -0.2) is 4.98 Å². The molecule has 32 heavy (non-hydrogen) atoms. The predicted octanol–water partition coefficient (Wildman–Crippen LogP) is 1.57. The summed E-state index contributed by atoms with van der Waals surface area (Å²) < 4.78 is 0. The van der Waals surface area contributed by atoms with Gasteiger partial charge >= 0.3 is 0 Å². The summed E-state index contributed by atoms with van der Waals surface area (Å²) in [4.78, 5) is 51.4. The Kier molecular flexibility index (Phi) is 5.66. The van der Waals surface area contributed by atoms with E-state index in [0.717, 1.165) is 6.42 Å². The minimum absolute atomic E-state index is 0.0528. The molecule has 168 valence electrons. The first-order valence-corrected chi connectivity index (χ1v) is 10.3. The van der Waals surface area contributed by atoms with E-state index < -0.39 is 4.92 Å². The molecule has 0 aliphatic carbocycles. The number of benzene rings is 1. The molecule has 1 aliphatic heterocycles. The highest BCUT2D eigenvalue weighted by molar-refractivity contribution is 6.00. The number of rotatable bonds is 6. The molecule has 2 N–H and O–H groups in total. The molecule has 1 unspecified atom stereocenters. The van der Waals surface area contributed by atoms with Crippen molar-refractivity contribution in [1.29, 1.82) is 0 Å². The van der Waals surface area contributed by atoms with Crippen LogP contribution >= 0.6 is 0 Å². The number of aromatic amines is 2. The van der Waals surface area contributed by atoms with Crippen LogP contribution < -0.4 is 10.5 Å². The number of likely N-dealkylation sites (tertiary alicyclic amines) is 1. The monoisotopic (exact) mass is 439 g/mol. The van der Waals surface area contributed by atoms with Crippen molar-refractivity contribution in [3.8, 4) is 0 Å². The lowest BCUT2D eigenvalue weighted by Gasteiger charge is -2.24. The van der Waals surface area contributed by atoms with E-state index in [1.54, 1.807) is 28.0 Å². The average molecular weight is 439 g/mol. The molecule has 2 aromatic heterocycles. The minimum atomic E-state index is -0.460. The van der Waals surface area contributed by atoms with Crippen LogP contribution in [0.3, 0.4) is 0 Å². The van der Waals surface area contributed by atoms with Gasteiger partial charge in [0.1, 0.15) is 11.2 Å². The number of non-ortho nitro benzene ring substituents is 1. The number of carbonyl (C=O) groups excluding carboxylic acids is 1. The first-order valence-electron chi connectivity index (χ1n) is 10.3. The molecule has 4 rings (SSSR count). The van der Waals surface area contributed by atoms with Gasteiger partial charge in [0.2, 0.25) is 5.95 Å². The number of hydrogen-bond acceptors (Lipinski definition) is 7. The van der Waals surface area contributed by atoms with E-state index in [4.69, 9.17) is 0 Å². The third-order valence-electron chi connectivity index (χ3n) is 5.75. The van der Waals surface area contributed by atoms with Crippen LogP contribution in [0.15, 0.2) is 35.1 Å². The van der Waals surface area contributed by atoms with Crippen LogP contribution in [0.1, 0.15) is 22.6 Å². The van der Waals surface area contributed by atoms with Crippen LogP contribution in [-0.4, -0.2) is 75.9 Å². The van der Waals surface area contributed by atoms with E-state index in [-0.39, 0.29) is 23.2 Å². The number of H-pyrrole nitrogens is 2. The zero-order valence-corrected chi connectivity index (χ0v) is 18.2. The number of para-hydroxylation sites is 1. The Morgan fingerprint density at radius 2 is 2.06 bits per heavy atom. The number of anilines is 1. The summed E-state index contributed by atoms with van der Waals surface area (Å²) in [5.41, 5.74) is 1.09. The van der Waals surface area contributed by atoms with Gasteiger partial charge < -0.3 is 14.8 Å². The first-order chi connectivity index (χ1) is 15.2. The van der Waals surface area contributed by atoms with Gasteiger partial charge in [0.05, 0.1) is 10.6 Å². The fraction of sp³-hybridized carbons (Fsp3) is 0.381. The molecule has 1 fully saturated rings. The first kappa shape index (κ1) is 21.5. The number of nitro benzene ring substituents is 1. The number of hydrogen-bond donors (Lipinski definition) is 2. The zero-order chi connectivity index (χ0) is 23.0. The molecule has 0 radical (unpaired) electrons. The Balaban J connectivity index is 1.46. The predicted molar refractivity (Wildman–Crippen MR) is 120 cm³/mol. The maximum atomic E-state index is 13.0. The number of nitrogens with one attached hydrogen (secondary N) is 2. The van der Waals surface area contributed by atoms with Gasteiger partial charge in [0.25, 0.3) is 17.2 Å². The normalized spacial score (nSPS) is 16.1. The summed E-state index contributed by atoms with van der Waals surface area (Å²) in [7, 11) is 5.57. The third kappa shape index (κ3) is 4.19. The van der Waals surface area contributed by atoms with Gasteiger partial charge in [0.15, 0.2) is 0 Å². The van der Waals surface area contributed by atoms with Crippen LogP contribution in [0.2, 0.25) is 0 Å². The molecule has 1 aliphatic rings. The van der Waals surface area contributed by atoms with Crippen LogP contribution in [0.25, 0.3) is 10.9 Å². The van der Waals surface area contributed by atoms with Crippen molar-refractivity contribution in [3.63, 3.8) is 0 Å². The number of nitrogens with zero attached hydrogens (tertiary/aromatic N) is 5. The second-order valence-corrected chi connectivity index (χ2v) is 8.25. The number of likely N-dealkylation sites (N-methyl/N-ethyl adjacent to an activating group) is 1. The molecule has 3 aromatic rings. The van der Waals surface area contributed by atoms with Crippen molar-refractivity contribution in [2.45, 2.75) is 19.0 Å². The Labute approximate surface area is 183 Å². The van der Waals surface area contributed by atoms with Gasteiger partial charge in [-0.3, -0.25) is 29.6 Å². The van der Waals surface area contributed by atoms with Gasteiger partial charge in [-0.15, -0.1) is 0 Å². The zero-order valence-electron chi connectivity index (χ0n) is 18.2. The van der Waals surface area contributed by atoms with E-state index in [2.05, 4.69) is 19.9 Å². The van der Waals surface area contributed by atoms with Crippen LogP contribution in [0.4, 0.5) is 11.6 Å². The highest BCUT2D eigenvalue weighted by Crippen LogP contribution is 2.27. The Hall–Kier alpha value is -3.73. The number of nitro groups is 1. The molecule has 3 heterocycles. The second-order valence-electron chi connectivity index (χ2n) is 8.25. The van der Waals surface area contributed by atoms with E-state index in [0.29, 0.717) is 47.9 Å². The number of aromatic nitrogens is 3. The molecular weight excluding hydrogens is 414 g/mol. The Bertz CT molecular complexity index is 1230. The molecule has 1 amide bonds. The average Bonchev–Trinajstić information content (AvgIpc) is 3.39. The van der Waals surface area contributed by atoms with E-state index in [1.807, 2.05) is 21.1 Å². The molecule has 0 bridgehead atoms. The van der Waals surface area contributed by atoms with Crippen molar-refractivity contribution in [3.05, 3.63) is 62.2 Å². The summed E-state index contributed by atoms with van der Waals surface area (Å²) in [6, 6.07) is 8.02. The summed E-state index contributed by atoms with van der Waals surface area (Å²) in [5, 5.41) is 11.9. The molecular formula is C21H25N7O4. The Morgan fingerprint density at radius 3 is 2.78 bits per heavy atom. The summed E-state index contributed by atoms with van der Waals surface area (Å²) >= 11 is 0. The van der Waals surface area contributed by atoms with Crippen LogP contribution in [0, 0.1) is 10.1 Å².